The fourth-order valence-corrected chi connectivity index (χ4v) is 2.66. The van der Waals surface area contributed by atoms with Gasteiger partial charge in [-0.1, -0.05) is 12.1 Å². The Hall–Kier alpha value is -1.54. The smallest absolute Gasteiger partial charge is 0.326 e. The minimum Gasteiger partial charge on any atom is -0.480 e. The summed E-state index contributed by atoms with van der Waals surface area (Å²) in [5.74, 6) is -0.571. The maximum Gasteiger partial charge on any atom is 0.326 e. The van der Waals surface area contributed by atoms with Gasteiger partial charge >= 0.3 is 5.97 Å². The van der Waals surface area contributed by atoms with Gasteiger partial charge < -0.3 is 15.7 Å². The molecule has 6 nitrogen and oxygen atoms in total. The number of hydrogen-bond donors (Lipinski definition) is 3. The molecule has 0 aliphatic rings. The van der Waals surface area contributed by atoms with E-state index in [1.165, 1.54) is 11.8 Å². The van der Waals surface area contributed by atoms with E-state index >= 15 is 0 Å². The van der Waals surface area contributed by atoms with Crippen LogP contribution in [-0.2, 0) is 14.4 Å². The van der Waals surface area contributed by atoms with Crippen LogP contribution in [0.15, 0.2) is 28.7 Å². The molecule has 0 saturated carbocycles. The van der Waals surface area contributed by atoms with Gasteiger partial charge in [-0.2, -0.15) is 11.8 Å². The van der Waals surface area contributed by atoms with Gasteiger partial charge in [0.1, 0.15) is 6.04 Å². The predicted molar refractivity (Wildman–Crippen MR) is 85.3 cm³/mol. The van der Waals surface area contributed by atoms with Crippen LogP contribution in [0, 0.1) is 0 Å². The molecule has 1 aromatic carbocycles. The molecule has 1 rings (SSSR count). The van der Waals surface area contributed by atoms with E-state index in [-0.39, 0.29) is 18.1 Å². The third-order valence-electron chi connectivity index (χ3n) is 2.50. The van der Waals surface area contributed by atoms with Crippen molar-refractivity contribution in [2.45, 2.75) is 12.5 Å². The fourth-order valence-electron chi connectivity index (χ4n) is 1.48. The second-order valence-corrected chi connectivity index (χ2v) is 6.00. The number of nitrogens with one attached hydrogen (secondary N) is 2. The normalized spacial score (nSPS) is 11.5. The van der Waals surface area contributed by atoms with Gasteiger partial charge in [0.25, 0.3) is 0 Å². The number of halogens is 1. The van der Waals surface area contributed by atoms with Crippen molar-refractivity contribution >= 4 is 51.7 Å². The molecule has 114 valence electrons. The Morgan fingerprint density at radius 2 is 2.10 bits per heavy atom. The third-order valence-corrected chi connectivity index (χ3v) is 4.18. The van der Waals surface area contributed by atoms with E-state index in [2.05, 4.69) is 26.6 Å². The van der Waals surface area contributed by atoms with Crippen molar-refractivity contribution < 1.29 is 19.5 Å². The maximum absolute atomic E-state index is 11.7. The number of para-hydroxylation sites is 1. The molecule has 1 aromatic rings. The molecule has 1 unspecified atom stereocenters. The summed E-state index contributed by atoms with van der Waals surface area (Å²) in [5, 5.41) is 13.8. The Morgan fingerprint density at radius 1 is 1.38 bits per heavy atom. The van der Waals surface area contributed by atoms with Gasteiger partial charge in [0.05, 0.1) is 11.4 Å². The van der Waals surface area contributed by atoms with Crippen LogP contribution >= 0.6 is 27.7 Å². The van der Waals surface area contributed by atoms with Gasteiger partial charge in [-0.05, 0) is 40.2 Å². The summed E-state index contributed by atoms with van der Waals surface area (Å²) in [6.45, 7) is 0. The monoisotopic (exact) mass is 374 g/mol. The number of aliphatic carboxylic acids is 1. The molecule has 0 bridgehead atoms. The lowest BCUT2D eigenvalue weighted by Crippen LogP contribution is -2.36. The highest BCUT2D eigenvalue weighted by Crippen LogP contribution is 2.21. The van der Waals surface area contributed by atoms with Crippen LogP contribution in [0.4, 0.5) is 5.69 Å². The topological polar surface area (TPSA) is 95.5 Å². The molecule has 0 radical (unpaired) electrons. The summed E-state index contributed by atoms with van der Waals surface area (Å²) in [7, 11) is 0. The average Bonchev–Trinajstić information content (AvgIpc) is 2.44. The van der Waals surface area contributed by atoms with E-state index in [1.807, 2.05) is 18.2 Å². The first kappa shape index (κ1) is 17.5. The maximum atomic E-state index is 11.7. The summed E-state index contributed by atoms with van der Waals surface area (Å²) in [5.41, 5.74) is 0.689. The number of hydrogen-bond acceptors (Lipinski definition) is 4. The predicted octanol–water partition coefficient (Wildman–Crippen LogP) is 1.71. The first-order valence-electron chi connectivity index (χ1n) is 6.09. The molecule has 3 N–H and O–H groups in total. The number of carboxylic acids is 1. The standard InChI is InChI=1S/C13H15BrN2O4S/c14-9-3-1-2-4-10(9)16-12(18)7-21-6-5-11(13(19)20)15-8-17/h1-4,8,11H,5-7H2,(H,15,17)(H,16,18)(H,19,20). The molecule has 0 aliphatic carbocycles. The number of rotatable bonds is 9. The number of carbonyl (C=O) groups excluding carboxylic acids is 2. The molecule has 0 aromatic heterocycles. The van der Waals surface area contributed by atoms with E-state index in [4.69, 9.17) is 5.11 Å². The molecule has 0 spiro atoms. The summed E-state index contributed by atoms with van der Waals surface area (Å²) in [4.78, 5) is 32.8. The Morgan fingerprint density at radius 3 is 2.71 bits per heavy atom. The van der Waals surface area contributed by atoms with Crippen molar-refractivity contribution in [3.63, 3.8) is 0 Å². The number of carboxylic acid groups (broad SMARTS) is 1. The van der Waals surface area contributed by atoms with Gasteiger partial charge in [0, 0.05) is 4.47 Å². The molecule has 21 heavy (non-hydrogen) atoms. The van der Waals surface area contributed by atoms with Crippen molar-refractivity contribution in [3.8, 4) is 0 Å². The molecule has 0 fully saturated rings. The minimum absolute atomic E-state index is 0.165. The highest BCUT2D eigenvalue weighted by molar-refractivity contribution is 9.10. The summed E-state index contributed by atoms with van der Waals surface area (Å²) < 4.78 is 0.796. The van der Waals surface area contributed by atoms with Crippen LogP contribution in [0.5, 0.6) is 0 Å². The van der Waals surface area contributed by atoms with Crippen molar-refractivity contribution in [3.05, 3.63) is 28.7 Å². The minimum atomic E-state index is -1.08. The van der Waals surface area contributed by atoms with Gasteiger partial charge in [0.15, 0.2) is 0 Å². The molecule has 2 amide bonds. The van der Waals surface area contributed by atoms with Crippen LogP contribution in [0.25, 0.3) is 0 Å². The highest BCUT2D eigenvalue weighted by Gasteiger charge is 2.15. The van der Waals surface area contributed by atoms with Crippen LogP contribution in [-0.4, -0.2) is 40.9 Å². The molecule has 0 aliphatic heterocycles. The Labute approximate surface area is 134 Å². The van der Waals surface area contributed by atoms with Crippen LogP contribution in [0.1, 0.15) is 6.42 Å². The molecule has 1 atom stereocenters. The lowest BCUT2D eigenvalue weighted by Gasteiger charge is -2.10. The van der Waals surface area contributed by atoms with Crippen molar-refractivity contribution in [1.29, 1.82) is 0 Å². The lowest BCUT2D eigenvalue weighted by atomic mass is 10.2. The van der Waals surface area contributed by atoms with Crippen molar-refractivity contribution in [1.82, 2.24) is 5.32 Å². The molecular formula is C13H15BrN2O4S. The zero-order chi connectivity index (χ0) is 15.7. The number of anilines is 1. The van der Waals surface area contributed by atoms with Gasteiger partial charge in [0.2, 0.25) is 12.3 Å². The average molecular weight is 375 g/mol. The Kier molecular flexibility index (Phi) is 7.84. The SMILES string of the molecule is O=CNC(CCSCC(=O)Nc1ccccc1Br)C(=O)O. The van der Waals surface area contributed by atoms with E-state index in [0.717, 1.165) is 4.47 Å². The largest absolute Gasteiger partial charge is 0.480 e. The van der Waals surface area contributed by atoms with Crippen LogP contribution in [0.2, 0.25) is 0 Å². The number of amides is 2. The van der Waals surface area contributed by atoms with E-state index in [0.29, 0.717) is 17.9 Å². The first-order chi connectivity index (χ1) is 10.0. The van der Waals surface area contributed by atoms with Crippen LogP contribution < -0.4 is 10.6 Å². The van der Waals surface area contributed by atoms with Crippen molar-refractivity contribution in [2.24, 2.45) is 0 Å². The molecule has 0 heterocycles. The summed E-state index contributed by atoms with van der Waals surface area (Å²) in [6, 6.07) is 6.35. The second-order valence-electron chi connectivity index (χ2n) is 4.04. The molecule has 0 saturated heterocycles. The zero-order valence-corrected chi connectivity index (χ0v) is 13.4. The number of carbonyl (C=O) groups is 3. The molecule has 8 heteroatoms. The number of benzene rings is 1. The summed E-state index contributed by atoms with van der Waals surface area (Å²) >= 11 is 4.64. The quantitative estimate of drug-likeness (QED) is 0.451. The van der Waals surface area contributed by atoms with Crippen molar-refractivity contribution in [2.75, 3.05) is 16.8 Å². The van der Waals surface area contributed by atoms with E-state index in [1.54, 1.807) is 6.07 Å². The van der Waals surface area contributed by atoms with Gasteiger partial charge in [-0.3, -0.25) is 9.59 Å². The van der Waals surface area contributed by atoms with Gasteiger partial charge in [-0.15, -0.1) is 0 Å². The van der Waals surface area contributed by atoms with E-state index in [9.17, 15) is 14.4 Å². The first-order valence-corrected chi connectivity index (χ1v) is 8.04. The fraction of sp³-hybridized carbons (Fsp3) is 0.308. The zero-order valence-electron chi connectivity index (χ0n) is 11.0. The Balaban J connectivity index is 2.29. The van der Waals surface area contributed by atoms with Crippen LogP contribution in [0.3, 0.4) is 0 Å². The van der Waals surface area contributed by atoms with Gasteiger partial charge in [-0.25, -0.2) is 4.79 Å². The van der Waals surface area contributed by atoms with E-state index < -0.39 is 12.0 Å². The summed E-state index contributed by atoms with van der Waals surface area (Å²) in [6.07, 6.45) is 0.629. The molecular weight excluding hydrogens is 360 g/mol. The number of thioether (sulfide) groups is 1. The lowest BCUT2D eigenvalue weighted by molar-refractivity contribution is -0.140. The second kappa shape index (κ2) is 9.41. The third kappa shape index (κ3) is 6.63. The highest BCUT2D eigenvalue weighted by atomic mass is 79.9. The Bertz CT molecular complexity index is 513.